The summed E-state index contributed by atoms with van der Waals surface area (Å²) in [6.07, 6.45) is 2.10. The highest BCUT2D eigenvalue weighted by molar-refractivity contribution is 5.91. The van der Waals surface area contributed by atoms with Crippen LogP contribution in [0.1, 0.15) is 52.3 Å². The number of nitrogens with zero attached hydrogens (tertiary/aromatic N) is 3. The van der Waals surface area contributed by atoms with Crippen LogP contribution in [0.15, 0.2) is 30.5 Å². The summed E-state index contributed by atoms with van der Waals surface area (Å²) in [5, 5.41) is 13.2. The van der Waals surface area contributed by atoms with Crippen LogP contribution in [-0.2, 0) is 35.6 Å². The van der Waals surface area contributed by atoms with E-state index in [-0.39, 0.29) is 18.1 Å². The Morgan fingerprint density at radius 1 is 1.14 bits per heavy atom. The van der Waals surface area contributed by atoms with E-state index in [0.717, 1.165) is 50.3 Å². The van der Waals surface area contributed by atoms with Crippen molar-refractivity contribution in [2.45, 2.75) is 53.8 Å². The molecule has 0 unspecified atom stereocenters. The van der Waals surface area contributed by atoms with Gasteiger partial charge in [-0.15, -0.1) is 5.10 Å². The van der Waals surface area contributed by atoms with E-state index in [0.29, 0.717) is 12.5 Å². The molecule has 35 heavy (non-hydrogen) atoms. The van der Waals surface area contributed by atoms with E-state index in [1.165, 1.54) is 13.3 Å². The van der Waals surface area contributed by atoms with Crippen molar-refractivity contribution >= 4 is 11.9 Å². The number of aryl methyl sites for hydroxylation is 2. The molecule has 9 nitrogen and oxygen atoms in total. The molecule has 0 amide bonds. The molecule has 0 aliphatic heterocycles. The van der Waals surface area contributed by atoms with Gasteiger partial charge in [-0.3, -0.25) is 14.5 Å². The van der Waals surface area contributed by atoms with Crippen LogP contribution in [0.4, 0.5) is 0 Å². The Hall–Kier alpha value is -3.72. The van der Waals surface area contributed by atoms with Crippen molar-refractivity contribution in [1.82, 2.24) is 14.8 Å². The van der Waals surface area contributed by atoms with Crippen molar-refractivity contribution in [1.29, 1.82) is 0 Å². The van der Waals surface area contributed by atoms with E-state index in [9.17, 15) is 9.59 Å². The largest absolute Gasteiger partial charge is 0.480 e. The maximum Gasteiger partial charge on any atom is 0.345 e. The summed E-state index contributed by atoms with van der Waals surface area (Å²) in [4.78, 5) is 28.2. The minimum Gasteiger partial charge on any atom is -0.480 e. The number of carbonyl (C=O) groups is 2. The molecule has 0 atom stereocenters. The van der Waals surface area contributed by atoms with Gasteiger partial charge in [0.15, 0.2) is 0 Å². The predicted molar refractivity (Wildman–Crippen MR) is 131 cm³/mol. The average Bonchev–Trinajstić information content (AvgIpc) is 3.19. The van der Waals surface area contributed by atoms with Crippen molar-refractivity contribution in [3.63, 3.8) is 0 Å². The molecule has 0 bridgehead atoms. The molecule has 0 radical (unpaired) electrons. The molecule has 3 aromatic rings. The van der Waals surface area contributed by atoms with E-state index in [4.69, 9.17) is 25.3 Å². The van der Waals surface area contributed by atoms with Crippen molar-refractivity contribution in [3.8, 4) is 17.0 Å². The number of esters is 1. The van der Waals surface area contributed by atoms with Crippen LogP contribution in [0, 0.1) is 19.8 Å². The Morgan fingerprint density at radius 3 is 2.40 bits per heavy atom. The van der Waals surface area contributed by atoms with Crippen LogP contribution in [0.2, 0.25) is 0 Å². The minimum absolute atomic E-state index is 0.00656. The fraction of sp³-hybridized carbons (Fsp3) is 0.385. The molecule has 186 valence electrons. The number of methoxy groups -OCH3 is 1. The number of aliphatic carboxylic acids is 1. The predicted octanol–water partition coefficient (Wildman–Crippen LogP) is 3.67. The van der Waals surface area contributed by atoms with E-state index < -0.39 is 18.5 Å². The summed E-state index contributed by atoms with van der Waals surface area (Å²) >= 11 is 0. The first kappa shape index (κ1) is 25.9. The van der Waals surface area contributed by atoms with E-state index in [1.54, 1.807) is 0 Å². The highest BCUT2D eigenvalue weighted by Crippen LogP contribution is 2.33. The number of nitrogens with two attached hydrogens (primary N) is 1. The third-order valence-electron chi connectivity index (χ3n) is 5.62. The van der Waals surface area contributed by atoms with Gasteiger partial charge in [-0.25, -0.2) is 4.79 Å². The maximum absolute atomic E-state index is 12.2. The van der Waals surface area contributed by atoms with E-state index in [2.05, 4.69) is 18.9 Å². The zero-order valence-electron chi connectivity index (χ0n) is 20.8. The Labute approximate surface area is 204 Å². The van der Waals surface area contributed by atoms with Crippen LogP contribution in [0.3, 0.4) is 0 Å². The highest BCUT2D eigenvalue weighted by atomic mass is 16.5. The first-order valence-corrected chi connectivity index (χ1v) is 11.4. The number of ether oxygens (including phenoxy) is 2. The third-order valence-corrected chi connectivity index (χ3v) is 5.62. The smallest absolute Gasteiger partial charge is 0.345 e. The summed E-state index contributed by atoms with van der Waals surface area (Å²) in [5.74, 6) is -1.36. The quantitative estimate of drug-likeness (QED) is 0.421. The van der Waals surface area contributed by atoms with Crippen LogP contribution >= 0.6 is 0 Å². The van der Waals surface area contributed by atoms with Crippen molar-refractivity contribution < 1.29 is 24.2 Å². The van der Waals surface area contributed by atoms with Gasteiger partial charge in [0, 0.05) is 29.7 Å². The SMILES string of the molecule is COC(=O)c1cn(CC(=O)O)nc1OCc1c(C)nc(CC(C)C)c(CN)c1-c1ccc(C)cc1. The summed E-state index contributed by atoms with van der Waals surface area (Å²) in [7, 11) is 1.24. The number of benzene rings is 1. The molecule has 0 aliphatic rings. The second-order valence-corrected chi connectivity index (χ2v) is 8.86. The van der Waals surface area contributed by atoms with Gasteiger partial charge in [0.2, 0.25) is 5.88 Å². The first-order valence-electron chi connectivity index (χ1n) is 11.4. The summed E-state index contributed by atoms with van der Waals surface area (Å²) < 4.78 is 11.9. The number of aromatic nitrogens is 3. The normalized spacial score (nSPS) is 11.1. The Balaban J connectivity index is 2.10. The average molecular weight is 481 g/mol. The summed E-state index contributed by atoms with van der Waals surface area (Å²) in [6.45, 7) is 8.19. The van der Waals surface area contributed by atoms with Crippen LogP contribution < -0.4 is 10.5 Å². The van der Waals surface area contributed by atoms with E-state index >= 15 is 0 Å². The second-order valence-electron chi connectivity index (χ2n) is 8.86. The zero-order chi connectivity index (χ0) is 25.7. The number of hydrogen-bond donors (Lipinski definition) is 2. The number of carboxylic acids is 1. The highest BCUT2D eigenvalue weighted by Gasteiger charge is 2.23. The van der Waals surface area contributed by atoms with Gasteiger partial charge in [0.1, 0.15) is 18.7 Å². The second kappa shape index (κ2) is 11.1. The molecule has 3 rings (SSSR count). The van der Waals surface area contributed by atoms with Gasteiger partial charge < -0.3 is 20.3 Å². The topological polar surface area (TPSA) is 130 Å². The molecule has 2 heterocycles. The summed E-state index contributed by atoms with van der Waals surface area (Å²) in [5.41, 5.74) is 12.9. The number of hydrogen-bond acceptors (Lipinski definition) is 7. The lowest BCUT2D eigenvalue weighted by molar-refractivity contribution is -0.137. The van der Waals surface area contributed by atoms with Gasteiger partial charge in [-0.05, 0) is 42.9 Å². The molecular formula is C26H32N4O5. The Morgan fingerprint density at radius 2 is 1.83 bits per heavy atom. The monoisotopic (exact) mass is 480 g/mol. The minimum atomic E-state index is -1.09. The fourth-order valence-corrected chi connectivity index (χ4v) is 3.99. The van der Waals surface area contributed by atoms with E-state index in [1.807, 2.05) is 38.1 Å². The van der Waals surface area contributed by atoms with Crippen LogP contribution in [0.5, 0.6) is 5.88 Å². The van der Waals surface area contributed by atoms with Crippen LogP contribution in [-0.4, -0.2) is 38.9 Å². The van der Waals surface area contributed by atoms with Crippen molar-refractivity contribution in [2.24, 2.45) is 11.7 Å². The molecule has 0 saturated carbocycles. The van der Waals surface area contributed by atoms with Crippen LogP contribution in [0.25, 0.3) is 11.1 Å². The lowest BCUT2D eigenvalue weighted by atomic mass is 9.90. The number of carbonyl (C=O) groups excluding carboxylic acids is 1. The molecule has 9 heteroatoms. The molecule has 0 spiro atoms. The lowest BCUT2D eigenvalue weighted by Gasteiger charge is -2.21. The lowest BCUT2D eigenvalue weighted by Crippen LogP contribution is -2.15. The maximum atomic E-state index is 12.2. The Bertz CT molecular complexity index is 1220. The zero-order valence-corrected chi connectivity index (χ0v) is 20.8. The summed E-state index contributed by atoms with van der Waals surface area (Å²) in [6, 6.07) is 8.18. The molecular weight excluding hydrogens is 448 g/mol. The number of rotatable bonds is 10. The molecule has 0 saturated heterocycles. The number of pyridine rings is 1. The standard InChI is InChI=1S/C26H32N4O5/c1-15(2)10-22-19(11-27)24(18-8-6-16(3)7-9-18)21(17(4)28-22)14-35-25-20(26(33)34-5)12-30(29-25)13-23(31)32/h6-9,12,15H,10-11,13-14,27H2,1-5H3,(H,31,32). The fourth-order valence-electron chi connectivity index (χ4n) is 3.99. The van der Waals surface area contributed by atoms with Gasteiger partial charge in [-0.1, -0.05) is 43.7 Å². The van der Waals surface area contributed by atoms with Crippen molar-refractivity contribution in [2.75, 3.05) is 7.11 Å². The van der Waals surface area contributed by atoms with Gasteiger partial charge in [0.05, 0.1) is 7.11 Å². The first-order chi connectivity index (χ1) is 16.6. The molecule has 3 N–H and O–H groups in total. The number of carboxylic acid groups (broad SMARTS) is 1. The van der Waals surface area contributed by atoms with Gasteiger partial charge >= 0.3 is 11.9 Å². The third kappa shape index (κ3) is 6.05. The van der Waals surface area contributed by atoms with Crippen molar-refractivity contribution in [3.05, 3.63) is 64.1 Å². The molecule has 1 aromatic carbocycles. The van der Waals surface area contributed by atoms with Gasteiger partial charge in [0.25, 0.3) is 0 Å². The molecule has 0 fully saturated rings. The Kier molecular flexibility index (Phi) is 8.24. The molecule has 2 aromatic heterocycles. The molecule has 0 aliphatic carbocycles. The van der Waals surface area contributed by atoms with Gasteiger partial charge in [-0.2, -0.15) is 0 Å².